The number of carboxylic acid groups (broad SMARTS) is 1. The summed E-state index contributed by atoms with van der Waals surface area (Å²) in [7, 11) is 0. The van der Waals surface area contributed by atoms with Gasteiger partial charge in [0.1, 0.15) is 5.82 Å². The van der Waals surface area contributed by atoms with Crippen molar-refractivity contribution in [1.29, 1.82) is 5.26 Å². The normalized spacial score (nSPS) is 10.0. The lowest BCUT2D eigenvalue weighted by atomic mass is 10.1. The van der Waals surface area contributed by atoms with Crippen molar-refractivity contribution in [2.45, 2.75) is 6.54 Å². The maximum absolute atomic E-state index is 13.2. The third kappa shape index (κ3) is 2.72. The zero-order valence-electron chi connectivity index (χ0n) is 10.2. The molecule has 0 fully saturated rings. The van der Waals surface area contributed by atoms with Crippen molar-refractivity contribution in [3.8, 4) is 6.07 Å². The largest absolute Gasteiger partial charge is 0.478 e. The molecule has 0 aliphatic heterocycles. The summed E-state index contributed by atoms with van der Waals surface area (Å²) in [4.78, 5) is 22.5. The number of hydrogen-bond donors (Lipinski definition) is 1. The number of pyridine rings is 1. The van der Waals surface area contributed by atoms with E-state index in [2.05, 4.69) is 0 Å². The van der Waals surface area contributed by atoms with Crippen molar-refractivity contribution < 1.29 is 14.3 Å². The summed E-state index contributed by atoms with van der Waals surface area (Å²) in [5.41, 5.74) is -0.0256. The number of halogens is 1. The standard InChI is InChI=1S/C14H9FN2O3/c15-12-2-1-10(7-16)11(5-12)8-17-4-3-9(14(19)20)6-13(17)18/h1-6H,8H2,(H,19,20). The van der Waals surface area contributed by atoms with E-state index in [1.165, 1.54) is 35.0 Å². The number of rotatable bonds is 3. The summed E-state index contributed by atoms with van der Waals surface area (Å²) in [5.74, 6) is -1.70. The highest BCUT2D eigenvalue weighted by molar-refractivity contribution is 5.87. The fourth-order valence-electron chi connectivity index (χ4n) is 1.76. The minimum atomic E-state index is -1.20. The van der Waals surface area contributed by atoms with E-state index in [1.807, 2.05) is 6.07 Å². The van der Waals surface area contributed by atoms with Gasteiger partial charge in [-0.15, -0.1) is 0 Å². The van der Waals surface area contributed by atoms with E-state index in [1.54, 1.807) is 0 Å². The first-order valence-corrected chi connectivity index (χ1v) is 5.63. The molecule has 6 heteroatoms. The lowest BCUT2D eigenvalue weighted by molar-refractivity contribution is 0.0696. The van der Waals surface area contributed by atoms with Crippen LogP contribution in [0.25, 0.3) is 0 Å². The maximum Gasteiger partial charge on any atom is 0.335 e. The molecule has 20 heavy (non-hydrogen) atoms. The monoisotopic (exact) mass is 272 g/mol. The predicted molar refractivity (Wildman–Crippen MR) is 67.9 cm³/mol. The number of benzene rings is 1. The average molecular weight is 272 g/mol. The van der Waals surface area contributed by atoms with Gasteiger partial charge in [0.05, 0.1) is 23.7 Å². The van der Waals surface area contributed by atoms with Crippen molar-refractivity contribution in [1.82, 2.24) is 4.57 Å². The molecule has 0 aliphatic rings. The Morgan fingerprint density at radius 3 is 2.70 bits per heavy atom. The zero-order valence-corrected chi connectivity index (χ0v) is 10.2. The van der Waals surface area contributed by atoms with Crippen LogP contribution in [0.3, 0.4) is 0 Å². The van der Waals surface area contributed by atoms with E-state index in [0.717, 1.165) is 6.07 Å². The average Bonchev–Trinajstić information content (AvgIpc) is 2.41. The van der Waals surface area contributed by atoms with E-state index in [4.69, 9.17) is 10.4 Å². The molecule has 0 unspecified atom stereocenters. The van der Waals surface area contributed by atoms with Crippen LogP contribution in [0.5, 0.6) is 0 Å². The van der Waals surface area contributed by atoms with Crippen LogP contribution in [0.2, 0.25) is 0 Å². The molecule has 1 aromatic carbocycles. The van der Waals surface area contributed by atoms with Crippen LogP contribution >= 0.6 is 0 Å². The molecule has 1 N–H and O–H groups in total. The predicted octanol–water partition coefficient (Wildman–Crippen LogP) is 1.61. The number of carbonyl (C=O) groups is 1. The molecular weight excluding hydrogens is 263 g/mol. The number of aromatic nitrogens is 1. The van der Waals surface area contributed by atoms with Crippen LogP contribution in [0.4, 0.5) is 4.39 Å². The Balaban J connectivity index is 2.41. The Morgan fingerprint density at radius 2 is 2.10 bits per heavy atom. The molecule has 2 rings (SSSR count). The number of carboxylic acids is 1. The third-order valence-corrected chi connectivity index (χ3v) is 2.77. The molecule has 0 saturated heterocycles. The van der Waals surface area contributed by atoms with Gasteiger partial charge in [-0.3, -0.25) is 4.79 Å². The molecule has 1 heterocycles. The Hall–Kier alpha value is -2.94. The summed E-state index contributed by atoms with van der Waals surface area (Å²) in [6, 6.07) is 7.85. The first-order chi connectivity index (χ1) is 9.51. The molecule has 0 spiro atoms. The van der Waals surface area contributed by atoms with Crippen LogP contribution in [0, 0.1) is 17.1 Å². The van der Waals surface area contributed by atoms with Gasteiger partial charge in [-0.1, -0.05) is 0 Å². The van der Waals surface area contributed by atoms with E-state index >= 15 is 0 Å². The van der Waals surface area contributed by atoms with Gasteiger partial charge >= 0.3 is 5.97 Å². The highest BCUT2D eigenvalue weighted by Crippen LogP contribution is 2.11. The second kappa shape index (κ2) is 5.36. The van der Waals surface area contributed by atoms with Gasteiger partial charge in [-0.2, -0.15) is 5.26 Å². The van der Waals surface area contributed by atoms with Gasteiger partial charge in [0.15, 0.2) is 0 Å². The van der Waals surface area contributed by atoms with Crippen molar-refractivity contribution in [3.63, 3.8) is 0 Å². The molecule has 5 nitrogen and oxygen atoms in total. The van der Waals surface area contributed by atoms with Crippen LogP contribution in [0.15, 0.2) is 41.3 Å². The van der Waals surface area contributed by atoms with Crippen LogP contribution in [-0.2, 0) is 6.54 Å². The second-order valence-electron chi connectivity index (χ2n) is 4.10. The lowest BCUT2D eigenvalue weighted by Gasteiger charge is -2.08. The van der Waals surface area contributed by atoms with E-state index < -0.39 is 17.3 Å². The van der Waals surface area contributed by atoms with Gasteiger partial charge < -0.3 is 9.67 Å². The Kier molecular flexibility index (Phi) is 3.62. The smallest absolute Gasteiger partial charge is 0.335 e. The fourth-order valence-corrected chi connectivity index (χ4v) is 1.76. The SMILES string of the molecule is N#Cc1ccc(F)cc1Cn1ccc(C(=O)O)cc1=O. The number of nitrogens with zero attached hydrogens (tertiary/aromatic N) is 2. The van der Waals surface area contributed by atoms with Gasteiger partial charge in [0.2, 0.25) is 0 Å². The van der Waals surface area contributed by atoms with Crippen molar-refractivity contribution in [3.05, 3.63) is 69.4 Å². The Bertz CT molecular complexity index is 775. The molecule has 0 amide bonds. The van der Waals surface area contributed by atoms with Gasteiger partial charge in [0.25, 0.3) is 5.56 Å². The topological polar surface area (TPSA) is 83.1 Å². The molecule has 0 saturated carbocycles. The van der Waals surface area contributed by atoms with Crippen molar-refractivity contribution in [2.75, 3.05) is 0 Å². The second-order valence-corrected chi connectivity index (χ2v) is 4.10. The van der Waals surface area contributed by atoms with E-state index in [9.17, 15) is 14.0 Å². The number of nitriles is 1. The van der Waals surface area contributed by atoms with E-state index in [0.29, 0.717) is 5.56 Å². The van der Waals surface area contributed by atoms with Crippen molar-refractivity contribution >= 4 is 5.97 Å². The number of aromatic carboxylic acids is 1. The fraction of sp³-hybridized carbons (Fsp3) is 0.0714. The van der Waals surface area contributed by atoms with Gasteiger partial charge in [-0.25, -0.2) is 9.18 Å². The molecule has 1 aromatic heterocycles. The summed E-state index contributed by atoms with van der Waals surface area (Å²) in [6.45, 7) is -0.000609. The Morgan fingerprint density at radius 1 is 1.35 bits per heavy atom. The first kappa shape index (κ1) is 13.5. The minimum Gasteiger partial charge on any atom is -0.478 e. The molecule has 0 atom stereocenters. The highest BCUT2D eigenvalue weighted by Gasteiger charge is 2.08. The van der Waals surface area contributed by atoms with Gasteiger partial charge in [-0.05, 0) is 29.8 Å². The molecule has 0 aliphatic carbocycles. The van der Waals surface area contributed by atoms with Crippen LogP contribution < -0.4 is 5.56 Å². The van der Waals surface area contributed by atoms with Crippen LogP contribution in [0.1, 0.15) is 21.5 Å². The molecule has 100 valence electrons. The lowest BCUT2D eigenvalue weighted by Crippen LogP contribution is -2.21. The zero-order chi connectivity index (χ0) is 14.7. The maximum atomic E-state index is 13.2. The quantitative estimate of drug-likeness (QED) is 0.920. The Labute approximate surface area is 113 Å². The van der Waals surface area contributed by atoms with E-state index in [-0.39, 0.29) is 17.7 Å². The highest BCUT2D eigenvalue weighted by atomic mass is 19.1. The summed E-state index contributed by atoms with van der Waals surface area (Å²) in [6.07, 6.45) is 1.30. The molecule has 2 aromatic rings. The third-order valence-electron chi connectivity index (χ3n) is 2.77. The van der Waals surface area contributed by atoms with Crippen molar-refractivity contribution in [2.24, 2.45) is 0 Å². The summed E-state index contributed by atoms with van der Waals surface area (Å²) < 4.78 is 14.4. The molecule has 0 bridgehead atoms. The minimum absolute atomic E-state index is 0.000609. The summed E-state index contributed by atoms with van der Waals surface area (Å²) in [5, 5.41) is 17.7. The van der Waals surface area contributed by atoms with Crippen LogP contribution in [-0.4, -0.2) is 15.6 Å². The van der Waals surface area contributed by atoms with Gasteiger partial charge in [0, 0.05) is 12.3 Å². The molecule has 0 radical (unpaired) electrons. The summed E-state index contributed by atoms with van der Waals surface area (Å²) >= 11 is 0. The first-order valence-electron chi connectivity index (χ1n) is 5.63. The number of hydrogen-bond acceptors (Lipinski definition) is 3. The molecular formula is C14H9FN2O3.